The molecule has 0 amide bonds. The Hall–Kier alpha value is -0.830. The van der Waals surface area contributed by atoms with Gasteiger partial charge in [-0.2, -0.15) is 0 Å². The molecule has 0 atom stereocenters. The van der Waals surface area contributed by atoms with E-state index in [4.69, 9.17) is 0 Å². The molecule has 0 N–H and O–H groups in total. The van der Waals surface area contributed by atoms with Crippen molar-refractivity contribution in [3.05, 3.63) is 15.8 Å². The zero-order valence-electron chi connectivity index (χ0n) is 8.67. The van der Waals surface area contributed by atoms with Crippen molar-refractivity contribution in [3.8, 4) is 0 Å². The van der Waals surface area contributed by atoms with Crippen LogP contribution in [0.4, 0.5) is 5.69 Å². The largest absolute Gasteiger partial charge is 0.370 e. The third kappa shape index (κ3) is 1.69. The lowest BCUT2D eigenvalue weighted by atomic mass is 10.2. The zero-order chi connectivity index (χ0) is 10.1. The highest BCUT2D eigenvalue weighted by Crippen LogP contribution is 2.32. The fourth-order valence-electron chi connectivity index (χ4n) is 1.95. The SMILES string of the molecule is CC(=O)c1sc(C)cc1N1CCCC1. The van der Waals surface area contributed by atoms with E-state index in [1.165, 1.54) is 17.7 Å². The summed E-state index contributed by atoms with van der Waals surface area (Å²) >= 11 is 1.62. The van der Waals surface area contributed by atoms with Crippen LogP contribution in [0.2, 0.25) is 0 Å². The molecule has 1 fully saturated rings. The van der Waals surface area contributed by atoms with E-state index in [0.29, 0.717) is 0 Å². The summed E-state index contributed by atoms with van der Waals surface area (Å²) < 4.78 is 0. The summed E-state index contributed by atoms with van der Waals surface area (Å²) in [5.74, 6) is 0.199. The summed E-state index contributed by atoms with van der Waals surface area (Å²) in [5.41, 5.74) is 1.16. The number of thiophene rings is 1. The van der Waals surface area contributed by atoms with E-state index in [0.717, 1.165) is 23.7 Å². The lowest BCUT2D eigenvalue weighted by molar-refractivity contribution is 0.102. The van der Waals surface area contributed by atoms with Crippen LogP contribution in [0.1, 0.15) is 34.3 Å². The highest BCUT2D eigenvalue weighted by molar-refractivity contribution is 7.14. The second kappa shape index (κ2) is 3.73. The van der Waals surface area contributed by atoms with E-state index in [9.17, 15) is 4.79 Å². The average Bonchev–Trinajstić information content (AvgIpc) is 2.70. The summed E-state index contributed by atoms with van der Waals surface area (Å²) in [4.78, 5) is 15.9. The Morgan fingerprint density at radius 2 is 2.07 bits per heavy atom. The number of Topliss-reactive ketones (excluding diaryl/α,β-unsaturated/α-hetero) is 1. The summed E-state index contributed by atoms with van der Waals surface area (Å²) in [7, 11) is 0. The molecule has 1 aliphatic rings. The molecule has 1 aromatic rings. The van der Waals surface area contributed by atoms with Crippen molar-refractivity contribution in [2.75, 3.05) is 18.0 Å². The molecule has 1 aromatic heterocycles. The highest BCUT2D eigenvalue weighted by Gasteiger charge is 2.19. The lowest BCUT2D eigenvalue weighted by Gasteiger charge is -2.16. The van der Waals surface area contributed by atoms with Crippen LogP contribution in [-0.2, 0) is 0 Å². The fourth-order valence-corrected chi connectivity index (χ4v) is 2.87. The van der Waals surface area contributed by atoms with Crippen LogP contribution in [0.3, 0.4) is 0 Å². The Bertz CT molecular complexity index is 350. The number of ketones is 1. The molecule has 2 heterocycles. The molecule has 0 bridgehead atoms. The number of hydrogen-bond donors (Lipinski definition) is 0. The Morgan fingerprint density at radius 3 is 2.64 bits per heavy atom. The molecule has 1 saturated heterocycles. The lowest BCUT2D eigenvalue weighted by Crippen LogP contribution is -2.18. The monoisotopic (exact) mass is 209 g/mol. The molecule has 1 aliphatic heterocycles. The normalized spacial score (nSPS) is 16.3. The first-order valence-corrected chi connectivity index (χ1v) is 5.86. The van der Waals surface area contributed by atoms with Gasteiger partial charge >= 0.3 is 0 Å². The van der Waals surface area contributed by atoms with Gasteiger partial charge in [0.1, 0.15) is 0 Å². The Labute approximate surface area is 88.5 Å². The van der Waals surface area contributed by atoms with Gasteiger partial charge in [-0.3, -0.25) is 4.79 Å². The number of carbonyl (C=O) groups is 1. The van der Waals surface area contributed by atoms with Gasteiger partial charge in [-0.25, -0.2) is 0 Å². The van der Waals surface area contributed by atoms with Crippen molar-refractivity contribution in [3.63, 3.8) is 0 Å². The van der Waals surface area contributed by atoms with Crippen molar-refractivity contribution in [2.45, 2.75) is 26.7 Å². The third-order valence-electron chi connectivity index (χ3n) is 2.60. The topological polar surface area (TPSA) is 20.3 Å². The van der Waals surface area contributed by atoms with E-state index in [1.807, 2.05) is 0 Å². The van der Waals surface area contributed by atoms with E-state index in [1.54, 1.807) is 18.3 Å². The summed E-state index contributed by atoms with van der Waals surface area (Å²) in [6.07, 6.45) is 2.51. The molecule has 0 aliphatic carbocycles. The van der Waals surface area contributed by atoms with Gasteiger partial charge in [0.05, 0.1) is 10.6 Å². The number of carbonyl (C=O) groups excluding carboxylic acids is 1. The molecule has 0 spiro atoms. The zero-order valence-corrected chi connectivity index (χ0v) is 9.49. The van der Waals surface area contributed by atoms with E-state index < -0.39 is 0 Å². The molecule has 2 nitrogen and oxygen atoms in total. The van der Waals surface area contributed by atoms with Gasteiger partial charge < -0.3 is 4.90 Å². The number of aryl methyl sites for hydroxylation is 1. The summed E-state index contributed by atoms with van der Waals surface area (Å²) in [6.45, 7) is 5.94. The van der Waals surface area contributed by atoms with Crippen LogP contribution >= 0.6 is 11.3 Å². The van der Waals surface area contributed by atoms with Crippen LogP contribution in [0, 0.1) is 6.92 Å². The van der Waals surface area contributed by atoms with Crippen LogP contribution in [0.25, 0.3) is 0 Å². The van der Waals surface area contributed by atoms with Crippen molar-refractivity contribution in [1.82, 2.24) is 0 Å². The van der Waals surface area contributed by atoms with Crippen molar-refractivity contribution in [2.24, 2.45) is 0 Å². The fraction of sp³-hybridized carbons (Fsp3) is 0.545. The van der Waals surface area contributed by atoms with Gasteiger partial charge in [-0.05, 0) is 25.8 Å². The minimum Gasteiger partial charge on any atom is -0.370 e. The minimum absolute atomic E-state index is 0.199. The smallest absolute Gasteiger partial charge is 0.171 e. The molecule has 3 heteroatoms. The Morgan fingerprint density at radius 1 is 1.43 bits per heavy atom. The standard InChI is InChI=1S/C11H15NOS/c1-8-7-10(11(14-8)9(2)13)12-5-3-4-6-12/h7H,3-6H2,1-2H3. The van der Waals surface area contributed by atoms with Crippen molar-refractivity contribution >= 4 is 22.8 Å². The molecular formula is C11H15NOS. The van der Waals surface area contributed by atoms with E-state index in [-0.39, 0.29) is 5.78 Å². The van der Waals surface area contributed by atoms with Gasteiger partial charge in [0.15, 0.2) is 5.78 Å². The number of anilines is 1. The van der Waals surface area contributed by atoms with Gasteiger partial charge in [0, 0.05) is 24.9 Å². The average molecular weight is 209 g/mol. The van der Waals surface area contributed by atoms with Gasteiger partial charge in [0.2, 0.25) is 0 Å². The van der Waals surface area contributed by atoms with Crippen LogP contribution in [0.15, 0.2) is 6.07 Å². The number of rotatable bonds is 2. The summed E-state index contributed by atoms with van der Waals surface area (Å²) in [6, 6.07) is 2.15. The molecular weight excluding hydrogens is 194 g/mol. The van der Waals surface area contributed by atoms with Crippen LogP contribution in [-0.4, -0.2) is 18.9 Å². The van der Waals surface area contributed by atoms with Crippen LogP contribution < -0.4 is 4.90 Å². The second-order valence-corrected chi connectivity index (χ2v) is 5.08. The van der Waals surface area contributed by atoms with E-state index in [2.05, 4.69) is 17.9 Å². The maximum atomic E-state index is 11.4. The molecule has 0 unspecified atom stereocenters. The first-order chi connectivity index (χ1) is 6.68. The third-order valence-corrected chi connectivity index (χ3v) is 3.74. The predicted molar refractivity (Wildman–Crippen MR) is 60.5 cm³/mol. The van der Waals surface area contributed by atoms with E-state index >= 15 is 0 Å². The highest BCUT2D eigenvalue weighted by atomic mass is 32.1. The number of hydrogen-bond acceptors (Lipinski definition) is 3. The van der Waals surface area contributed by atoms with Crippen molar-refractivity contribution < 1.29 is 4.79 Å². The Balaban J connectivity index is 2.35. The Kier molecular flexibility index (Phi) is 2.59. The predicted octanol–water partition coefficient (Wildman–Crippen LogP) is 2.86. The quantitative estimate of drug-likeness (QED) is 0.698. The molecule has 14 heavy (non-hydrogen) atoms. The molecule has 2 rings (SSSR count). The first kappa shape index (κ1) is 9.71. The molecule has 0 radical (unpaired) electrons. The molecule has 0 saturated carbocycles. The van der Waals surface area contributed by atoms with Gasteiger partial charge in [-0.15, -0.1) is 11.3 Å². The minimum atomic E-state index is 0.199. The maximum Gasteiger partial charge on any atom is 0.171 e. The molecule has 76 valence electrons. The first-order valence-electron chi connectivity index (χ1n) is 5.05. The van der Waals surface area contributed by atoms with Gasteiger partial charge in [-0.1, -0.05) is 0 Å². The number of nitrogens with zero attached hydrogens (tertiary/aromatic N) is 1. The van der Waals surface area contributed by atoms with Crippen LogP contribution in [0.5, 0.6) is 0 Å². The summed E-state index contributed by atoms with van der Waals surface area (Å²) in [5, 5.41) is 0. The van der Waals surface area contributed by atoms with Crippen molar-refractivity contribution in [1.29, 1.82) is 0 Å². The molecule has 0 aromatic carbocycles. The maximum absolute atomic E-state index is 11.4. The second-order valence-electron chi connectivity index (χ2n) is 3.82. The van der Waals surface area contributed by atoms with Gasteiger partial charge in [0.25, 0.3) is 0 Å².